The number of ether oxygens (including phenoxy) is 1. The van der Waals surface area contributed by atoms with Crippen molar-refractivity contribution in [3.05, 3.63) is 75.9 Å². The van der Waals surface area contributed by atoms with E-state index in [4.69, 9.17) is 9.15 Å². The molecule has 834 valence electrons. The van der Waals surface area contributed by atoms with Crippen LogP contribution in [0.1, 0.15) is 144 Å². The molecule has 0 saturated carbocycles. The number of phenols is 1. The standard InChI is InChI=1S/C90H142N10O47/c101-42-22-25-45-48(38-42)146-49-39-43(102)23-26-46(49)60(45)44-24-21-41(37-47(44)73(113)114)40-91-27-1-11-50(103)92-28-2-12-51(104)93-29-3-13-52(105)94-30-4-14-53(106)95-31-5-15-54(107)96-32-6-16-55(108)97-33-7-17-56(109)98-34-8-18-57(110)99-35-9-19-58(111)100-36-10-20-59(112)147-89(145)68(88(143)144)72(67(86(139)140)87(141)142)90(69(61(74(115)116)75(117)118)62(76(119)120)77(121)122,70(63(78(123)124)79(125)126)64(80(127)128)81(129)130)71(65(82(131)132)83(133)134)66(84(135)136)85(137)138/h21-26,37-39,61-72,74-89,91,101,115-145H,1-20,27-36,40H2,(H,92,103)(H,93,104)(H,94,105)(H,95,106)(H,96,107)(H,97,108)(H,98,109)(H,99,110)(H,100,111)(H,113,114)/t68?,72-,89?/m0/s1. The number of carbonyl (C=O) groups excluding carboxylic acids is 10. The summed E-state index contributed by atoms with van der Waals surface area (Å²) in [5.74, 6) is -54.6. The number of aromatic carboxylic acids is 1. The molecule has 0 fully saturated rings. The van der Waals surface area contributed by atoms with Crippen LogP contribution in [0.3, 0.4) is 0 Å². The number of carbonyl (C=O) groups is 11. The largest absolute Gasteiger partial charge is 0.508 e. The molecule has 43 N–H and O–H groups in total. The SMILES string of the molecule is O=C(CCCNCc1ccc(-c2c3ccc(=O)cc-3oc3cc(O)ccc23)c(C(=O)O)c1)NCCCC(=O)NCCCC(=O)NCCCC(=O)NCCCC(=O)NCCCC(=O)NCCCC(=O)NCCCC(=O)NCCCC(=O)NCCCC(=O)OC(O)C(C(O)O)[C@H](C(C(O)O)C(O)O)C(C(C(C(O)O)C(O)O)C(C(O)O)C(O)O)(C(C(C(O)O)C(O)O)C(C(O)O)C(O)O)C(C(C(O)O)C(O)O)C(C(O)O)C(O)O. The van der Waals surface area contributed by atoms with Crippen molar-refractivity contribution in [3.63, 3.8) is 0 Å². The maximum atomic E-state index is 13.8. The molecule has 3 atom stereocenters. The van der Waals surface area contributed by atoms with Gasteiger partial charge >= 0.3 is 11.9 Å². The van der Waals surface area contributed by atoms with Gasteiger partial charge in [-0.1, -0.05) is 12.1 Å². The number of phenolic OH excluding ortho intramolecular Hbond substituents is 1. The number of carboxylic acid groups (broad SMARTS) is 1. The number of nitrogens with one attached hydrogen (secondary N) is 10. The Kier molecular flexibility index (Phi) is 57.1. The zero-order valence-corrected chi connectivity index (χ0v) is 79.8. The topological polar surface area (TPSA) is 1020 Å². The van der Waals surface area contributed by atoms with Crippen LogP contribution in [0.2, 0.25) is 0 Å². The second-order valence-electron chi connectivity index (χ2n) is 35.2. The first-order chi connectivity index (χ1) is 69.2. The van der Waals surface area contributed by atoms with E-state index in [1.54, 1.807) is 30.3 Å². The Morgan fingerprint density at radius 2 is 0.544 bits per heavy atom. The Hall–Kier alpha value is -10.2. The van der Waals surface area contributed by atoms with Crippen LogP contribution in [0.4, 0.5) is 0 Å². The molecule has 0 spiro atoms. The fourth-order valence-corrected chi connectivity index (χ4v) is 18.4. The van der Waals surface area contributed by atoms with Gasteiger partial charge in [-0.25, -0.2) is 4.79 Å². The number of benzene rings is 3. The van der Waals surface area contributed by atoms with E-state index in [-0.39, 0.29) is 193 Å². The van der Waals surface area contributed by atoms with Gasteiger partial charge in [0.05, 0.1) is 52.9 Å². The molecule has 2 aromatic carbocycles. The quantitative estimate of drug-likeness (QED) is 0.00845. The van der Waals surface area contributed by atoms with Crippen LogP contribution in [-0.2, 0) is 59.2 Å². The van der Waals surface area contributed by atoms with E-state index in [2.05, 4.69) is 53.2 Å². The predicted molar refractivity (Wildman–Crippen MR) is 494 cm³/mol. The molecule has 2 unspecified atom stereocenters. The van der Waals surface area contributed by atoms with Crippen LogP contribution in [0.25, 0.3) is 33.4 Å². The van der Waals surface area contributed by atoms with Crippen molar-refractivity contribution >= 4 is 76.1 Å². The van der Waals surface area contributed by atoms with Gasteiger partial charge in [0, 0.05) is 158 Å². The van der Waals surface area contributed by atoms with Gasteiger partial charge in [-0.15, -0.1) is 0 Å². The van der Waals surface area contributed by atoms with Crippen molar-refractivity contribution in [1.82, 2.24) is 53.2 Å². The number of rotatable bonds is 73. The van der Waals surface area contributed by atoms with Crippen LogP contribution in [0.15, 0.2) is 63.8 Å². The van der Waals surface area contributed by atoms with E-state index in [0.29, 0.717) is 79.3 Å². The van der Waals surface area contributed by atoms with Crippen molar-refractivity contribution in [2.75, 3.05) is 65.4 Å². The third-order valence-electron chi connectivity index (χ3n) is 24.8. The molecular formula is C90H142N10O47. The minimum atomic E-state index is -5.27. The minimum absolute atomic E-state index is 0.00267. The van der Waals surface area contributed by atoms with Gasteiger partial charge in [-0.3, -0.25) is 52.7 Å². The highest BCUT2D eigenvalue weighted by atomic mass is 16.6. The second kappa shape index (κ2) is 65.0. The van der Waals surface area contributed by atoms with Crippen LogP contribution in [0.5, 0.6) is 5.75 Å². The molecule has 0 aromatic heterocycles. The molecule has 2 aliphatic rings. The molecule has 147 heavy (non-hydrogen) atoms. The Bertz CT molecular complexity index is 4510. The molecule has 4 rings (SSSR count). The molecule has 1 aliphatic carbocycles. The van der Waals surface area contributed by atoms with Gasteiger partial charge in [0.2, 0.25) is 59.5 Å². The van der Waals surface area contributed by atoms with Crippen LogP contribution in [-0.4, -0.2) is 400 Å². The third-order valence-corrected chi connectivity index (χ3v) is 24.8. The van der Waals surface area contributed by atoms with E-state index in [9.17, 15) is 226 Å². The van der Waals surface area contributed by atoms with E-state index < -0.39 is 226 Å². The molecule has 57 heteroatoms. The lowest BCUT2D eigenvalue weighted by molar-refractivity contribution is -0.376. The Labute approximate surface area is 838 Å². The highest BCUT2D eigenvalue weighted by molar-refractivity contribution is 6.07. The van der Waals surface area contributed by atoms with Crippen LogP contribution >= 0.6 is 0 Å². The lowest BCUT2D eigenvalue weighted by Gasteiger charge is -2.67. The molecule has 0 bridgehead atoms. The lowest BCUT2D eigenvalue weighted by Crippen LogP contribution is -2.74. The van der Waals surface area contributed by atoms with Crippen LogP contribution in [0, 0.1) is 76.4 Å². The average molecular weight is 2120 g/mol. The first kappa shape index (κ1) is 129. The maximum absolute atomic E-state index is 13.8. The molecule has 9 amide bonds. The fraction of sp³-hybridized carbons (Fsp3) is 0.667. The fourth-order valence-electron chi connectivity index (χ4n) is 18.4. The normalized spacial score (nSPS) is 13.1. The van der Waals surface area contributed by atoms with Crippen LogP contribution < -0.4 is 58.6 Å². The molecule has 0 radical (unpaired) electrons. The number of aliphatic hydroxyl groups is 31. The highest BCUT2D eigenvalue weighted by Gasteiger charge is 2.75. The first-order valence-corrected chi connectivity index (χ1v) is 47.1. The Morgan fingerprint density at radius 1 is 0.293 bits per heavy atom. The van der Waals surface area contributed by atoms with Crippen molar-refractivity contribution < 1.29 is 230 Å². The lowest BCUT2D eigenvalue weighted by atomic mass is 9.37. The number of aromatic hydroxyl groups is 1. The summed E-state index contributed by atoms with van der Waals surface area (Å²) >= 11 is 0. The predicted octanol–water partition coefficient (Wildman–Crippen LogP) is -14.2. The summed E-state index contributed by atoms with van der Waals surface area (Å²) in [6.45, 7) is 1.41. The number of fused-ring (bicyclic) bond motifs is 2. The molecular weight excluding hydrogens is 1970 g/mol. The Balaban J connectivity index is 1.13. The van der Waals surface area contributed by atoms with E-state index in [1.807, 2.05) is 0 Å². The van der Waals surface area contributed by atoms with Crippen molar-refractivity contribution in [1.29, 1.82) is 0 Å². The average Bonchev–Trinajstić information content (AvgIpc) is 0.681. The van der Waals surface area contributed by atoms with E-state index in [1.165, 1.54) is 24.3 Å². The highest BCUT2D eigenvalue weighted by Crippen LogP contribution is 2.69. The van der Waals surface area contributed by atoms with E-state index >= 15 is 0 Å². The number of amides is 9. The molecule has 57 nitrogen and oxygen atoms in total. The smallest absolute Gasteiger partial charge is 0.336 e. The van der Waals surface area contributed by atoms with Crippen molar-refractivity contribution in [3.8, 4) is 28.2 Å². The summed E-state index contributed by atoms with van der Waals surface area (Å²) in [6, 6.07) is 13.7. The second-order valence-corrected chi connectivity index (χ2v) is 35.2. The van der Waals surface area contributed by atoms with Crippen molar-refractivity contribution in [2.24, 2.45) is 76.4 Å². The summed E-state index contributed by atoms with van der Waals surface area (Å²) in [5.41, 5.74) is -3.19. The van der Waals surface area contributed by atoms with Gasteiger partial charge in [0.1, 0.15) is 17.1 Å². The third kappa shape index (κ3) is 40.9. The molecule has 1 aliphatic heterocycles. The molecule has 2 aromatic rings. The molecule has 0 saturated heterocycles. The summed E-state index contributed by atoms with van der Waals surface area (Å²) in [4.78, 5) is 151. The summed E-state index contributed by atoms with van der Waals surface area (Å²) < 4.78 is 10.8. The number of aliphatic hydroxyl groups excluding tert-OH is 16. The first-order valence-electron chi connectivity index (χ1n) is 47.1. The Morgan fingerprint density at radius 3 is 0.810 bits per heavy atom. The number of carboxylic acids is 1. The summed E-state index contributed by atoms with van der Waals surface area (Å²) in [7, 11) is 0. The number of hydrogen-bond acceptors (Lipinski definition) is 47. The minimum Gasteiger partial charge on any atom is -0.508 e. The number of esters is 1. The zero-order chi connectivity index (χ0) is 111. The summed E-state index contributed by atoms with van der Waals surface area (Å²) in [6.07, 6.45) is -62.6. The zero-order valence-electron chi connectivity index (χ0n) is 79.8. The maximum Gasteiger partial charge on any atom is 0.336 e. The van der Waals surface area contributed by atoms with Gasteiger partial charge < -0.3 is 231 Å². The summed E-state index contributed by atoms with van der Waals surface area (Å²) in [5, 5.41) is 396. The van der Waals surface area contributed by atoms with Gasteiger partial charge in [-0.05, 0) is 141 Å². The van der Waals surface area contributed by atoms with E-state index in [0.717, 1.165) is 0 Å². The van der Waals surface area contributed by atoms with Gasteiger partial charge in [0.25, 0.3) is 0 Å². The molecule has 1 heterocycles. The monoisotopic (exact) mass is 2110 g/mol. The van der Waals surface area contributed by atoms with Gasteiger partial charge in [-0.2, -0.15) is 0 Å². The van der Waals surface area contributed by atoms with Gasteiger partial charge in [0.15, 0.2) is 99.8 Å². The number of hydrogen-bond donors (Lipinski definition) is 43. The van der Waals surface area contributed by atoms with Crippen molar-refractivity contribution in [2.45, 2.75) is 236 Å².